The molecule has 1 heterocycles. The van der Waals surface area contributed by atoms with Crippen LogP contribution in [0.2, 0.25) is 0 Å². The van der Waals surface area contributed by atoms with Crippen molar-refractivity contribution in [2.45, 2.75) is 6.82 Å². The highest BCUT2D eigenvalue weighted by atomic mass is 32.3. The van der Waals surface area contributed by atoms with Gasteiger partial charge in [0.05, 0.1) is 11.4 Å². The SMILES string of the molecule is CSC(SC)(SC)c1ccc(C(SC)(SC)SC)n1C. The van der Waals surface area contributed by atoms with Crippen molar-refractivity contribution < 1.29 is 0 Å². The fourth-order valence-corrected chi connectivity index (χ4v) is 8.74. The van der Waals surface area contributed by atoms with E-state index in [1.165, 1.54) is 11.4 Å². The normalized spacial score (nSPS) is 12.9. The summed E-state index contributed by atoms with van der Waals surface area (Å²) in [6.45, 7) is 0. The molecule has 1 nitrogen and oxygen atoms in total. The molecular formula is C13H23NS6. The molecule has 116 valence electrons. The summed E-state index contributed by atoms with van der Waals surface area (Å²) in [4.78, 5) is 0. The molecule has 1 rings (SSSR count). The first-order valence-corrected chi connectivity index (χ1v) is 13.3. The molecule has 0 radical (unpaired) electrons. The molecule has 0 N–H and O–H groups in total. The van der Waals surface area contributed by atoms with E-state index in [0.717, 1.165) is 0 Å². The zero-order valence-electron chi connectivity index (χ0n) is 13.1. The number of hydrogen-bond donors (Lipinski definition) is 0. The second-order valence-corrected chi connectivity index (χ2v) is 11.7. The van der Waals surface area contributed by atoms with Gasteiger partial charge >= 0.3 is 0 Å². The zero-order chi connectivity index (χ0) is 15.4. The molecule has 1 aromatic rings. The number of hydrogen-bond acceptors (Lipinski definition) is 6. The average Bonchev–Trinajstić information content (AvgIpc) is 2.88. The molecule has 0 spiro atoms. The van der Waals surface area contributed by atoms with E-state index in [2.05, 4.69) is 61.3 Å². The van der Waals surface area contributed by atoms with Crippen LogP contribution >= 0.6 is 70.6 Å². The molecule has 7 heteroatoms. The molecule has 0 atom stereocenters. The van der Waals surface area contributed by atoms with E-state index in [9.17, 15) is 0 Å². The van der Waals surface area contributed by atoms with Gasteiger partial charge in [0, 0.05) is 7.05 Å². The van der Waals surface area contributed by atoms with Gasteiger partial charge in [0.15, 0.2) is 0 Å². The van der Waals surface area contributed by atoms with Crippen molar-refractivity contribution >= 4 is 70.6 Å². The number of nitrogens with zero attached hydrogens (tertiary/aromatic N) is 1. The first-order valence-electron chi connectivity index (χ1n) is 5.98. The minimum Gasteiger partial charge on any atom is -0.346 e. The molecule has 0 aliphatic rings. The van der Waals surface area contributed by atoms with Gasteiger partial charge in [-0.1, -0.05) is 0 Å². The van der Waals surface area contributed by atoms with E-state index in [0.29, 0.717) is 0 Å². The largest absolute Gasteiger partial charge is 0.346 e. The lowest BCUT2D eigenvalue weighted by Gasteiger charge is -2.32. The van der Waals surface area contributed by atoms with Crippen LogP contribution in [0.1, 0.15) is 11.4 Å². The minimum atomic E-state index is 0.0773. The Morgan fingerprint density at radius 1 is 0.650 bits per heavy atom. The molecule has 0 saturated heterocycles. The molecule has 0 saturated carbocycles. The second kappa shape index (κ2) is 8.29. The lowest BCUT2D eigenvalue weighted by Crippen LogP contribution is -2.21. The van der Waals surface area contributed by atoms with Crippen molar-refractivity contribution in [3.8, 4) is 0 Å². The summed E-state index contributed by atoms with van der Waals surface area (Å²) in [7, 11) is 2.21. The van der Waals surface area contributed by atoms with E-state index < -0.39 is 0 Å². The first kappa shape index (κ1) is 19.4. The summed E-state index contributed by atoms with van der Waals surface area (Å²) >= 11 is 11.5. The van der Waals surface area contributed by atoms with E-state index in [1.54, 1.807) is 0 Å². The van der Waals surface area contributed by atoms with Crippen molar-refractivity contribution in [1.82, 2.24) is 4.57 Å². The van der Waals surface area contributed by atoms with Gasteiger partial charge in [-0.2, -0.15) is 0 Å². The molecular weight excluding hydrogens is 363 g/mol. The highest BCUT2D eigenvalue weighted by Gasteiger charge is 2.37. The van der Waals surface area contributed by atoms with Crippen molar-refractivity contribution in [2.75, 3.05) is 37.5 Å². The van der Waals surface area contributed by atoms with E-state index in [4.69, 9.17) is 0 Å². The average molecular weight is 386 g/mol. The van der Waals surface area contributed by atoms with Crippen LogP contribution in [-0.4, -0.2) is 42.1 Å². The van der Waals surface area contributed by atoms with Crippen molar-refractivity contribution in [3.63, 3.8) is 0 Å². The summed E-state index contributed by atoms with van der Waals surface area (Å²) in [5.74, 6) is 0. The maximum atomic E-state index is 2.40. The summed E-state index contributed by atoms with van der Waals surface area (Å²) in [6.07, 6.45) is 13.2. The summed E-state index contributed by atoms with van der Waals surface area (Å²) in [6, 6.07) is 4.60. The van der Waals surface area contributed by atoms with Gasteiger partial charge < -0.3 is 4.57 Å². The molecule has 20 heavy (non-hydrogen) atoms. The summed E-state index contributed by atoms with van der Waals surface area (Å²) in [5.41, 5.74) is 2.78. The maximum Gasteiger partial charge on any atom is 0.146 e. The van der Waals surface area contributed by atoms with Crippen LogP contribution in [0.3, 0.4) is 0 Å². The Morgan fingerprint density at radius 3 is 1.10 bits per heavy atom. The quantitative estimate of drug-likeness (QED) is 0.546. The third-order valence-electron chi connectivity index (χ3n) is 3.36. The molecule has 0 aliphatic carbocycles. The molecule has 0 aromatic carbocycles. The lowest BCUT2D eigenvalue weighted by atomic mass is 10.4. The molecule has 0 aliphatic heterocycles. The van der Waals surface area contributed by atoms with Gasteiger partial charge in [0.1, 0.15) is 6.82 Å². The Bertz CT molecular complexity index is 368. The Kier molecular flexibility index (Phi) is 8.06. The highest BCUT2D eigenvalue weighted by Crippen LogP contribution is 2.56. The number of aromatic nitrogens is 1. The molecule has 1 aromatic heterocycles. The standard InChI is InChI=1S/C13H23NS6/c1-14-10(12(15-2,16-3)17-4)8-9-11(14)13(18-5,19-6)20-7/h8-9H,1-7H3. The minimum absolute atomic E-state index is 0.0773. The Hall–Kier alpha value is 1.38. The Balaban J connectivity index is 3.37. The first-order chi connectivity index (χ1) is 9.50. The highest BCUT2D eigenvalue weighted by molar-refractivity contribution is 8.32. The van der Waals surface area contributed by atoms with Gasteiger partial charge in [0.2, 0.25) is 0 Å². The van der Waals surface area contributed by atoms with Gasteiger partial charge in [-0.3, -0.25) is 0 Å². The molecule has 0 bridgehead atoms. The lowest BCUT2D eigenvalue weighted by molar-refractivity contribution is 0.808. The maximum absolute atomic E-state index is 2.40. The molecule has 0 unspecified atom stereocenters. The molecule has 0 fully saturated rings. The van der Waals surface area contributed by atoms with Crippen LogP contribution in [0.5, 0.6) is 0 Å². The van der Waals surface area contributed by atoms with Crippen LogP contribution in [-0.2, 0) is 13.9 Å². The summed E-state index contributed by atoms with van der Waals surface area (Å²) in [5, 5.41) is 0. The Morgan fingerprint density at radius 2 is 0.900 bits per heavy atom. The monoisotopic (exact) mass is 385 g/mol. The zero-order valence-corrected chi connectivity index (χ0v) is 18.0. The third kappa shape index (κ3) is 3.32. The van der Waals surface area contributed by atoms with Crippen LogP contribution in [0.4, 0.5) is 0 Å². The van der Waals surface area contributed by atoms with Gasteiger partial charge in [-0.15, -0.1) is 70.6 Å². The van der Waals surface area contributed by atoms with Crippen molar-refractivity contribution in [3.05, 3.63) is 23.5 Å². The smallest absolute Gasteiger partial charge is 0.146 e. The van der Waals surface area contributed by atoms with Crippen molar-refractivity contribution in [1.29, 1.82) is 0 Å². The molecule has 0 amide bonds. The van der Waals surface area contributed by atoms with Gasteiger partial charge in [-0.05, 0) is 49.7 Å². The van der Waals surface area contributed by atoms with Crippen LogP contribution in [0.25, 0.3) is 0 Å². The number of thioether (sulfide) groups is 6. The fourth-order valence-electron chi connectivity index (χ4n) is 2.25. The van der Waals surface area contributed by atoms with Gasteiger partial charge in [0.25, 0.3) is 0 Å². The van der Waals surface area contributed by atoms with E-state index in [1.807, 2.05) is 70.6 Å². The number of rotatable bonds is 8. The topological polar surface area (TPSA) is 4.93 Å². The second-order valence-electron chi connectivity index (χ2n) is 4.00. The Labute approximate surface area is 149 Å². The van der Waals surface area contributed by atoms with E-state index in [-0.39, 0.29) is 6.82 Å². The third-order valence-corrected chi connectivity index (χ3v) is 13.8. The van der Waals surface area contributed by atoms with Crippen molar-refractivity contribution in [2.24, 2.45) is 7.05 Å². The van der Waals surface area contributed by atoms with Crippen LogP contribution < -0.4 is 0 Å². The predicted octanol–water partition coefficient (Wildman–Crippen LogP) is 5.42. The van der Waals surface area contributed by atoms with Crippen LogP contribution in [0.15, 0.2) is 12.1 Å². The van der Waals surface area contributed by atoms with E-state index >= 15 is 0 Å². The van der Waals surface area contributed by atoms with Gasteiger partial charge in [-0.25, -0.2) is 0 Å². The summed E-state index contributed by atoms with van der Waals surface area (Å²) < 4.78 is 2.55. The predicted molar refractivity (Wildman–Crippen MR) is 110 cm³/mol. The van der Waals surface area contributed by atoms with Crippen LogP contribution in [0, 0.1) is 0 Å². The fraction of sp³-hybridized carbons (Fsp3) is 0.692.